The zero-order chi connectivity index (χ0) is 20.9. The van der Waals surface area contributed by atoms with Crippen LogP contribution in [0.15, 0.2) is 67.0 Å². The average molecular weight is 402 g/mol. The Kier molecular flexibility index (Phi) is 5.98. The first-order valence-corrected chi connectivity index (χ1v) is 10.2. The van der Waals surface area contributed by atoms with E-state index in [-0.39, 0.29) is 17.9 Å². The van der Waals surface area contributed by atoms with Gasteiger partial charge in [-0.05, 0) is 60.2 Å². The number of hydrogen-bond acceptors (Lipinski definition) is 4. The van der Waals surface area contributed by atoms with Gasteiger partial charge in [0.15, 0.2) is 11.5 Å². The fourth-order valence-corrected chi connectivity index (χ4v) is 4.28. The lowest BCUT2D eigenvalue weighted by molar-refractivity contribution is 0.0925. The van der Waals surface area contributed by atoms with Crippen molar-refractivity contribution in [1.82, 2.24) is 10.3 Å². The Morgan fingerprint density at radius 3 is 2.67 bits per heavy atom. The maximum absolute atomic E-state index is 13.1. The van der Waals surface area contributed by atoms with Gasteiger partial charge >= 0.3 is 0 Å². The van der Waals surface area contributed by atoms with Gasteiger partial charge in [-0.25, -0.2) is 0 Å². The largest absolute Gasteiger partial charge is 0.493 e. The van der Waals surface area contributed by atoms with E-state index in [0.717, 1.165) is 19.3 Å². The van der Waals surface area contributed by atoms with Crippen LogP contribution < -0.4 is 14.8 Å². The second-order valence-electron chi connectivity index (χ2n) is 7.56. The maximum Gasteiger partial charge on any atom is 0.251 e. The van der Waals surface area contributed by atoms with Crippen molar-refractivity contribution >= 4 is 5.91 Å². The predicted molar refractivity (Wildman–Crippen MR) is 116 cm³/mol. The van der Waals surface area contributed by atoms with Crippen LogP contribution in [-0.2, 0) is 12.8 Å². The number of amides is 1. The Hall–Kier alpha value is -3.34. The predicted octanol–water partition coefficient (Wildman–Crippen LogP) is 4.17. The molecule has 5 heteroatoms. The van der Waals surface area contributed by atoms with E-state index in [9.17, 15) is 4.79 Å². The van der Waals surface area contributed by atoms with Gasteiger partial charge in [0.2, 0.25) is 0 Å². The van der Waals surface area contributed by atoms with E-state index in [1.54, 1.807) is 38.6 Å². The van der Waals surface area contributed by atoms with Crippen molar-refractivity contribution in [2.45, 2.75) is 31.2 Å². The van der Waals surface area contributed by atoms with Gasteiger partial charge in [0.05, 0.1) is 14.2 Å². The zero-order valence-electron chi connectivity index (χ0n) is 17.3. The Morgan fingerprint density at radius 2 is 1.90 bits per heavy atom. The molecule has 2 unspecified atom stereocenters. The van der Waals surface area contributed by atoms with Gasteiger partial charge in [-0.2, -0.15) is 0 Å². The second kappa shape index (κ2) is 8.99. The lowest BCUT2D eigenvalue weighted by Gasteiger charge is -2.34. The lowest BCUT2D eigenvalue weighted by atomic mass is 9.76. The number of nitrogens with one attached hydrogen (secondary N) is 1. The van der Waals surface area contributed by atoms with Crippen molar-refractivity contribution in [3.63, 3.8) is 0 Å². The van der Waals surface area contributed by atoms with E-state index >= 15 is 0 Å². The Bertz CT molecular complexity index is 1020. The van der Waals surface area contributed by atoms with E-state index in [0.29, 0.717) is 17.1 Å². The third-order valence-electron chi connectivity index (χ3n) is 5.81. The van der Waals surface area contributed by atoms with Crippen molar-refractivity contribution in [3.8, 4) is 11.5 Å². The van der Waals surface area contributed by atoms with Gasteiger partial charge < -0.3 is 14.8 Å². The molecule has 0 spiro atoms. The minimum Gasteiger partial charge on any atom is -0.493 e. The van der Waals surface area contributed by atoms with Gasteiger partial charge in [-0.15, -0.1) is 0 Å². The molecule has 1 aliphatic rings. The molecule has 154 valence electrons. The number of pyridine rings is 1. The topological polar surface area (TPSA) is 60.5 Å². The Labute approximate surface area is 177 Å². The molecule has 0 aliphatic heterocycles. The molecule has 1 aliphatic carbocycles. The summed E-state index contributed by atoms with van der Waals surface area (Å²) >= 11 is 0. The van der Waals surface area contributed by atoms with Crippen molar-refractivity contribution in [1.29, 1.82) is 0 Å². The van der Waals surface area contributed by atoms with Crippen LogP contribution in [0.4, 0.5) is 0 Å². The van der Waals surface area contributed by atoms with Crippen LogP contribution in [-0.4, -0.2) is 31.2 Å². The van der Waals surface area contributed by atoms with Crippen LogP contribution in [0.2, 0.25) is 0 Å². The van der Waals surface area contributed by atoms with Gasteiger partial charge in [0, 0.05) is 29.9 Å². The van der Waals surface area contributed by atoms with Crippen LogP contribution in [0.25, 0.3) is 0 Å². The summed E-state index contributed by atoms with van der Waals surface area (Å²) in [5.41, 5.74) is 4.41. The molecule has 1 heterocycles. The molecule has 0 fully saturated rings. The van der Waals surface area contributed by atoms with Crippen molar-refractivity contribution in [2.24, 2.45) is 0 Å². The molecule has 30 heavy (non-hydrogen) atoms. The number of aromatic nitrogens is 1. The summed E-state index contributed by atoms with van der Waals surface area (Å²) in [6.07, 6.45) is 6.39. The molecule has 2 aromatic carbocycles. The Morgan fingerprint density at radius 1 is 1.07 bits per heavy atom. The van der Waals surface area contributed by atoms with Gasteiger partial charge in [0.1, 0.15) is 0 Å². The number of aryl methyl sites for hydroxylation is 1. The van der Waals surface area contributed by atoms with E-state index in [1.807, 2.05) is 12.3 Å². The molecule has 1 N–H and O–H groups in total. The minimum atomic E-state index is -0.100. The van der Waals surface area contributed by atoms with E-state index < -0.39 is 0 Å². The molecular formula is C25H26N2O3. The molecule has 0 radical (unpaired) electrons. The van der Waals surface area contributed by atoms with Crippen molar-refractivity contribution < 1.29 is 14.3 Å². The lowest BCUT2D eigenvalue weighted by Crippen LogP contribution is -2.42. The number of carbonyl (C=O) groups is 1. The summed E-state index contributed by atoms with van der Waals surface area (Å²) in [6, 6.07) is 17.9. The molecule has 0 bridgehead atoms. The number of nitrogens with zero attached hydrogens (tertiary/aromatic N) is 1. The van der Waals surface area contributed by atoms with E-state index in [2.05, 4.69) is 40.6 Å². The third kappa shape index (κ3) is 4.15. The summed E-state index contributed by atoms with van der Waals surface area (Å²) in [5, 5.41) is 3.28. The van der Waals surface area contributed by atoms with Gasteiger partial charge in [-0.1, -0.05) is 30.3 Å². The number of carbonyl (C=O) groups excluding carboxylic acids is 1. The summed E-state index contributed by atoms with van der Waals surface area (Å²) in [4.78, 5) is 17.3. The van der Waals surface area contributed by atoms with Crippen molar-refractivity contribution in [2.75, 3.05) is 14.2 Å². The molecule has 2 atom stereocenters. The second-order valence-corrected chi connectivity index (χ2v) is 7.56. The summed E-state index contributed by atoms with van der Waals surface area (Å²) in [5.74, 6) is 1.25. The van der Waals surface area contributed by atoms with Crippen LogP contribution >= 0.6 is 0 Å². The van der Waals surface area contributed by atoms with Crippen LogP contribution in [0.5, 0.6) is 11.5 Å². The molecule has 1 amide bonds. The molecule has 4 rings (SSSR count). The highest BCUT2D eigenvalue weighted by atomic mass is 16.5. The highest BCUT2D eigenvalue weighted by Crippen LogP contribution is 2.35. The smallest absolute Gasteiger partial charge is 0.251 e. The fraction of sp³-hybridized carbons (Fsp3) is 0.280. The van der Waals surface area contributed by atoms with E-state index in [1.165, 1.54) is 16.7 Å². The fourth-order valence-electron chi connectivity index (χ4n) is 4.28. The first-order valence-electron chi connectivity index (χ1n) is 10.2. The molecule has 3 aromatic rings. The van der Waals surface area contributed by atoms with Gasteiger partial charge in [-0.3, -0.25) is 9.78 Å². The van der Waals surface area contributed by atoms with Crippen LogP contribution in [0.1, 0.15) is 39.4 Å². The summed E-state index contributed by atoms with van der Waals surface area (Å²) in [7, 11) is 3.15. The first kappa shape index (κ1) is 20.0. The quantitative estimate of drug-likeness (QED) is 0.672. The molecule has 0 saturated heterocycles. The Balaban J connectivity index is 1.59. The normalized spacial score (nSPS) is 17.7. The van der Waals surface area contributed by atoms with Crippen molar-refractivity contribution in [3.05, 3.63) is 89.2 Å². The molecule has 1 aromatic heterocycles. The molecule has 0 saturated carbocycles. The zero-order valence-corrected chi connectivity index (χ0v) is 17.3. The number of rotatable bonds is 6. The standard InChI is InChI=1S/C25H26N2O3/c1-29-23-12-10-19(15-24(23)30-2)25(28)27-22-11-9-18-7-3-4-8-20(18)21(22)14-17-6-5-13-26-16-17/h3-8,10,12-13,15-16,21-22H,9,11,14H2,1-2H3,(H,27,28). The van der Waals surface area contributed by atoms with Crippen LogP contribution in [0.3, 0.4) is 0 Å². The summed E-state index contributed by atoms with van der Waals surface area (Å²) < 4.78 is 10.6. The number of methoxy groups -OCH3 is 2. The third-order valence-corrected chi connectivity index (χ3v) is 5.81. The number of ether oxygens (including phenoxy) is 2. The summed E-state index contributed by atoms with van der Waals surface area (Å²) in [6.45, 7) is 0. The number of benzene rings is 2. The van der Waals surface area contributed by atoms with E-state index in [4.69, 9.17) is 9.47 Å². The number of hydrogen-bond donors (Lipinski definition) is 1. The first-order chi connectivity index (χ1) is 14.7. The van der Waals surface area contributed by atoms with Gasteiger partial charge in [0.25, 0.3) is 5.91 Å². The monoisotopic (exact) mass is 402 g/mol. The number of fused-ring (bicyclic) bond motifs is 1. The molecular weight excluding hydrogens is 376 g/mol. The SMILES string of the molecule is COc1ccc(C(=O)NC2CCc3ccccc3C2Cc2cccnc2)cc1OC. The maximum atomic E-state index is 13.1. The molecule has 5 nitrogen and oxygen atoms in total. The minimum absolute atomic E-state index is 0.0423. The highest BCUT2D eigenvalue weighted by Gasteiger charge is 2.31. The highest BCUT2D eigenvalue weighted by molar-refractivity contribution is 5.95. The van der Waals surface area contributed by atoms with Crippen LogP contribution in [0, 0.1) is 0 Å². The average Bonchev–Trinajstić information content (AvgIpc) is 2.80.